The summed E-state index contributed by atoms with van der Waals surface area (Å²) >= 11 is 0. The highest BCUT2D eigenvalue weighted by molar-refractivity contribution is 6.20. The molecule has 70 heavy (non-hydrogen) atoms. The van der Waals surface area contributed by atoms with E-state index < -0.39 is 10.8 Å². The number of hydrogen-bond donors (Lipinski definition) is 0. The Labute approximate surface area is 403 Å². The molecule has 0 radical (unpaired) electrons. The van der Waals surface area contributed by atoms with Crippen LogP contribution < -0.4 is 0 Å². The highest BCUT2D eigenvalue weighted by Crippen LogP contribution is 2.55. The number of nitriles is 2. The molecule has 4 aromatic heterocycles. The summed E-state index contributed by atoms with van der Waals surface area (Å²) in [7, 11) is 0. The van der Waals surface area contributed by atoms with Gasteiger partial charge in [0.1, 0.15) is 34.5 Å². The molecule has 0 aliphatic heterocycles. The standard InChI is InChI=1S/C64H44N4O2/c1-63(2)27-28-64(3,4)60-59(63)61(67-51-25-23-39(37-15-7-5-8-16-37)29-43(51)45-31-47-41-19-11-13-21-55(41)69-57(47)33-53(45)67)49(35-65)50(36-66)62(60)68-52-26-24-40(38-17-9-6-10-18-38)30-44(52)46-32-48-42-20-12-14-22-56(42)70-58(48)34-54(46)68/h5-26,29-34H,27-28H2,1-4H3. The molecule has 6 nitrogen and oxygen atoms in total. The zero-order chi connectivity index (χ0) is 47.2. The minimum Gasteiger partial charge on any atom is -0.456 e. The fraction of sp³-hybridized carbons (Fsp3) is 0.125. The molecular formula is C64H44N4O2. The van der Waals surface area contributed by atoms with Crippen LogP contribution in [0.1, 0.15) is 62.8 Å². The van der Waals surface area contributed by atoms with Gasteiger partial charge in [-0.15, -0.1) is 0 Å². The van der Waals surface area contributed by atoms with Crippen LogP contribution in [0, 0.1) is 22.7 Å². The first-order valence-electron chi connectivity index (χ1n) is 24.1. The van der Waals surface area contributed by atoms with Gasteiger partial charge in [-0.05, 0) is 106 Å². The van der Waals surface area contributed by atoms with Gasteiger partial charge in [0, 0.05) is 55.2 Å². The first-order chi connectivity index (χ1) is 34.1. The van der Waals surface area contributed by atoms with Gasteiger partial charge in [0.2, 0.25) is 0 Å². The molecule has 1 aliphatic rings. The van der Waals surface area contributed by atoms with E-state index in [2.05, 4.69) is 182 Å². The fourth-order valence-corrected chi connectivity index (χ4v) is 12.2. The molecule has 9 aromatic carbocycles. The van der Waals surface area contributed by atoms with Crippen molar-refractivity contribution in [1.29, 1.82) is 10.5 Å². The van der Waals surface area contributed by atoms with Gasteiger partial charge in [-0.2, -0.15) is 10.5 Å². The summed E-state index contributed by atoms with van der Waals surface area (Å²) in [5, 5.41) is 32.2. The Morgan fingerprint density at radius 3 is 1.17 bits per heavy atom. The summed E-state index contributed by atoms with van der Waals surface area (Å²) in [6.45, 7) is 9.26. The molecule has 0 atom stereocenters. The quantitative estimate of drug-likeness (QED) is 0.176. The number of para-hydroxylation sites is 2. The number of aromatic nitrogens is 2. The summed E-state index contributed by atoms with van der Waals surface area (Å²) in [4.78, 5) is 0. The molecule has 0 spiro atoms. The Balaban J connectivity index is 1.16. The Kier molecular flexibility index (Phi) is 8.25. The van der Waals surface area contributed by atoms with Crippen molar-refractivity contribution in [3.8, 4) is 45.8 Å². The SMILES string of the molecule is CC1(C)CCC(C)(C)c2c(-n3c4ccc(-c5ccccc5)cc4c4cc5c(cc43)oc3ccccc35)c(C#N)c(C#N)c(-n3c4ccc(-c5ccccc5)cc4c4cc5c(cc43)oc3ccccc35)c21. The van der Waals surface area contributed by atoms with E-state index in [-0.39, 0.29) is 0 Å². The Bertz CT molecular complexity index is 4200. The molecule has 332 valence electrons. The maximum Gasteiger partial charge on any atom is 0.137 e. The van der Waals surface area contributed by atoms with Crippen LogP contribution in [0.2, 0.25) is 0 Å². The van der Waals surface area contributed by atoms with Crippen molar-refractivity contribution in [2.45, 2.75) is 51.4 Å². The summed E-state index contributed by atoms with van der Waals surface area (Å²) in [6, 6.07) is 64.9. The average molecular weight is 901 g/mol. The summed E-state index contributed by atoms with van der Waals surface area (Å²) < 4.78 is 17.8. The fourth-order valence-electron chi connectivity index (χ4n) is 12.2. The zero-order valence-corrected chi connectivity index (χ0v) is 39.2. The molecule has 0 saturated carbocycles. The van der Waals surface area contributed by atoms with Crippen molar-refractivity contribution in [1.82, 2.24) is 9.13 Å². The van der Waals surface area contributed by atoms with E-state index in [0.717, 1.165) is 145 Å². The second-order valence-electron chi connectivity index (χ2n) is 20.5. The molecular weight excluding hydrogens is 857 g/mol. The largest absolute Gasteiger partial charge is 0.456 e. The number of fused-ring (bicyclic) bond motifs is 13. The summed E-state index contributed by atoms with van der Waals surface area (Å²) in [5.74, 6) is 0. The molecule has 0 unspecified atom stereocenters. The summed E-state index contributed by atoms with van der Waals surface area (Å²) in [5.41, 5.74) is 14.9. The number of benzene rings is 9. The molecule has 0 amide bonds. The average Bonchev–Trinajstić information content (AvgIpc) is 4.12. The van der Waals surface area contributed by atoms with Gasteiger partial charge in [-0.3, -0.25) is 0 Å². The molecule has 0 bridgehead atoms. The van der Waals surface area contributed by atoms with Gasteiger partial charge in [-0.1, -0.05) is 137 Å². The Hall–Kier alpha value is -8.84. The van der Waals surface area contributed by atoms with Crippen molar-refractivity contribution < 1.29 is 8.83 Å². The summed E-state index contributed by atoms with van der Waals surface area (Å²) in [6.07, 6.45) is 1.76. The first-order valence-corrected chi connectivity index (χ1v) is 24.1. The topological polar surface area (TPSA) is 83.7 Å². The second-order valence-corrected chi connectivity index (χ2v) is 20.5. The maximum atomic E-state index is 11.9. The van der Waals surface area contributed by atoms with Gasteiger partial charge in [-0.25, -0.2) is 0 Å². The van der Waals surface area contributed by atoms with Gasteiger partial charge >= 0.3 is 0 Å². The highest BCUT2D eigenvalue weighted by atomic mass is 16.3. The van der Waals surface area contributed by atoms with Crippen molar-refractivity contribution >= 4 is 87.5 Å². The van der Waals surface area contributed by atoms with Crippen molar-refractivity contribution in [2.75, 3.05) is 0 Å². The van der Waals surface area contributed by atoms with Crippen molar-refractivity contribution in [3.63, 3.8) is 0 Å². The zero-order valence-electron chi connectivity index (χ0n) is 39.2. The van der Waals surface area contributed by atoms with Crippen LogP contribution in [0.5, 0.6) is 0 Å². The molecule has 6 heteroatoms. The molecule has 13 aromatic rings. The monoisotopic (exact) mass is 900 g/mol. The van der Waals surface area contributed by atoms with Gasteiger partial charge < -0.3 is 18.0 Å². The second kappa shape index (κ2) is 14.3. The Morgan fingerprint density at radius 1 is 0.371 bits per heavy atom. The molecule has 4 heterocycles. The highest BCUT2D eigenvalue weighted by Gasteiger charge is 2.45. The predicted molar refractivity (Wildman–Crippen MR) is 285 cm³/mol. The predicted octanol–water partition coefficient (Wildman–Crippen LogP) is 17.1. The van der Waals surface area contributed by atoms with E-state index >= 15 is 0 Å². The third-order valence-corrected chi connectivity index (χ3v) is 15.6. The van der Waals surface area contributed by atoms with Crippen LogP contribution in [0.15, 0.2) is 179 Å². The minimum atomic E-state index is -0.421. The molecule has 0 N–H and O–H groups in total. The molecule has 0 saturated heterocycles. The van der Waals surface area contributed by atoms with E-state index in [1.54, 1.807) is 0 Å². The lowest BCUT2D eigenvalue weighted by molar-refractivity contribution is 0.331. The van der Waals surface area contributed by atoms with E-state index in [1.807, 2.05) is 36.4 Å². The third-order valence-electron chi connectivity index (χ3n) is 15.6. The normalized spacial score (nSPS) is 14.4. The smallest absolute Gasteiger partial charge is 0.137 e. The van der Waals surface area contributed by atoms with Crippen LogP contribution >= 0.6 is 0 Å². The van der Waals surface area contributed by atoms with Crippen LogP contribution in [-0.4, -0.2) is 9.13 Å². The number of rotatable bonds is 4. The van der Waals surface area contributed by atoms with Gasteiger partial charge in [0.15, 0.2) is 0 Å². The van der Waals surface area contributed by atoms with Crippen LogP contribution in [-0.2, 0) is 10.8 Å². The first kappa shape index (κ1) is 40.2. The van der Waals surface area contributed by atoms with Gasteiger partial charge in [0.05, 0.1) is 44.6 Å². The lowest BCUT2D eigenvalue weighted by atomic mass is 9.61. The minimum absolute atomic E-state index is 0.346. The van der Waals surface area contributed by atoms with Crippen molar-refractivity contribution in [3.05, 3.63) is 192 Å². The van der Waals surface area contributed by atoms with Crippen LogP contribution in [0.4, 0.5) is 0 Å². The van der Waals surface area contributed by atoms with Gasteiger partial charge in [0.25, 0.3) is 0 Å². The molecule has 14 rings (SSSR count). The number of nitrogens with zero attached hydrogens (tertiary/aromatic N) is 4. The van der Waals surface area contributed by atoms with Crippen LogP contribution in [0.25, 0.3) is 121 Å². The molecule has 1 aliphatic carbocycles. The Morgan fingerprint density at radius 2 is 0.757 bits per heavy atom. The van der Waals surface area contributed by atoms with Crippen molar-refractivity contribution in [2.24, 2.45) is 0 Å². The van der Waals surface area contributed by atoms with E-state index in [0.29, 0.717) is 11.1 Å². The lowest BCUT2D eigenvalue weighted by Gasteiger charge is -2.45. The number of furan rings is 2. The maximum absolute atomic E-state index is 11.9. The van der Waals surface area contributed by atoms with Crippen LogP contribution in [0.3, 0.4) is 0 Å². The van der Waals surface area contributed by atoms with E-state index in [4.69, 9.17) is 8.83 Å². The molecule has 0 fully saturated rings. The lowest BCUT2D eigenvalue weighted by Crippen LogP contribution is -2.37. The third kappa shape index (κ3) is 5.53. The van der Waals surface area contributed by atoms with E-state index in [1.165, 1.54) is 0 Å². The number of hydrogen-bond acceptors (Lipinski definition) is 4. The van der Waals surface area contributed by atoms with E-state index in [9.17, 15) is 10.5 Å².